The van der Waals surface area contributed by atoms with Gasteiger partial charge in [-0.05, 0) is 44.9 Å². The molecule has 0 aromatic carbocycles. The molecule has 3 nitrogen and oxygen atoms in total. The van der Waals surface area contributed by atoms with Gasteiger partial charge in [0, 0.05) is 5.92 Å². The van der Waals surface area contributed by atoms with Crippen LogP contribution < -0.4 is 0 Å². The van der Waals surface area contributed by atoms with Crippen LogP contribution in [0.4, 0.5) is 0 Å². The molecule has 0 radical (unpaired) electrons. The molecule has 0 amide bonds. The number of ether oxygens (including phenoxy) is 1. The summed E-state index contributed by atoms with van der Waals surface area (Å²) in [5.74, 6) is 0.389. The number of fused-ring (bicyclic) bond motifs is 3. The number of hydrogen-bond donors (Lipinski definition) is 1. The molecule has 0 unspecified atom stereocenters. The Morgan fingerprint density at radius 1 is 1.38 bits per heavy atom. The van der Waals surface area contributed by atoms with Crippen molar-refractivity contribution in [2.75, 3.05) is 0 Å². The highest BCUT2D eigenvalue weighted by atomic mass is 16.6. The Kier molecular flexibility index (Phi) is 1.99. The van der Waals surface area contributed by atoms with Gasteiger partial charge in [0.05, 0.1) is 11.5 Å². The van der Waals surface area contributed by atoms with Crippen LogP contribution in [-0.4, -0.2) is 22.8 Å². The van der Waals surface area contributed by atoms with Crippen LogP contribution in [0, 0.1) is 17.3 Å². The Morgan fingerprint density at radius 2 is 2.12 bits per heavy atom. The smallest absolute Gasteiger partial charge is 0.315 e. The molecule has 0 aromatic rings. The number of carbonyl (C=O) groups excluding carboxylic acids is 1. The van der Waals surface area contributed by atoms with Crippen molar-refractivity contribution in [2.24, 2.45) is 17.3 Å². The summed E-state index contributed by atoms with van der Waals surface area (Å²) >= 11 is 0. The van der Waals surface area contributed by atoms with E-state index in [1.165, 1.54) is 0 Å². The van der Waals surface area contributed by atoms with Crippen molar-refractivity contribution in [2.45, 2.75) is 57.7 Å². The average molecular weight is 224 g/mol. The molecule has 2 saturated heterocycles. The van der Waals surface area contributed by atoms with Crippen molar-refractivity contribution in [1.82, 2.24) is 0 Å². The van der Waals surface area contributed by atoms with Gasteiger partial charge in [-0.1, -0.05) is 6.92 Å². The van der Waals surface area contributed by atoms with Crippen LogP contribution in [0.2, 0.25) is 0 Å². The first-order valence-electron chi connectivity index (χ1n) is 6.41. The predicted octanol–water partition coefficient (Wildman–Crippen LogP) is 1.88. The summed E-state index contributed by atoms with van der Waals surface area (Å²) in [6.45, 7) is 3.95. The lowest BCUT2D eigenvalue weighted by Gasteiger charge is -2.40. The van der Waals surface area contributed by atoms with Crippen LogP contribution in [-0.2, 0) is 9.53 Å². The van der Waals surface area contributed by atoms with E-state index in [0.717, 1.165) is 32.1 Å². The van der Waals surface area contributed by atoms with Gasteiger partial charge in [-0.3, -0.25) is 4.79 Å². The van der Waals surface area contributed by atoms with Gasteiger partial charge in [-0.15, -0.1) is 0 Å². The standard InChI is InChI=1S/C13H20O3/c1-8-9-4-3-5-13(9)7-6-12(2,10(8)14)11(15)16-13/h8-10,14H,3-7H2,1-2H3/t8-,9-,10-,12-,13+/m1/s1. The highest BCUT2D eigenvalue weighted by Crippen LogP contribution is 2.57. The number of aliphatic hydroxyl groups is 1. The lowest BCUT2D eigenvalue weighted by atomic mass is 9.75. The summed E-state index contributed by atoms with van der Waals surface area (Å²) in [4.78, 5) is 12.1. The largest absolute Gasteiger partial charge is 0.458 e. The molecule has 2 aliphatic heterocycles. The van der Waals surface area contributed by atoms with E-state index < -0.39 is 11.5 Å². The summed E-state index contributed by atoms with van der Waals surface area (Å²) < 4.78 is 5.77. The lowest BCUT2D eigenvalue weighted by Crippen LogP contribution is -2.48. The van der Waals surface area contributed by atoms with Gasteiger partial charge in [0.15, 0.2) is 0 Å². The normalized spacial score (nSPS) is 55.7. The maximum absolute atomic E-state index is 12.1. The SMILES string of the molecule is C[C@@H]1[C@H]2CCC[C@]23CC[C@@](C)(C(=O)O3)[C@@H]1O. The van der Waals surface area contributed by atoms with Gasteiger partial charge in [-0.25, -0.2) is 0 Å². The monoisotopic (exact) mass is 224 g/mol. The first kappa shape index (κ1) is 10.6. The van der Waals surface area contributed by atoms with Crippen molar-refractivity contribution in [3.05, 3.63) is 0 Å². The number of hydrogen-bond acceptors (Lipinski definition) is 3. The minimum absolute atomic E-state index is 0.164. The highest BCUT2D eigenvalue weighted by Gasteiger charge is 2.62. The quantitative estimate of drug-likeness (QED) is 0.639. The van der Waals surface area contributed by atoms with Crippen molar-refractivity contribution in [3.63, 3.8) is 0 Å². The van der Waals surface area contributed by atoms with Crippen LogP contribution in [0.25, 0.3) is 0 Å². The second kappa shape index (κ2) is 3.00. The Hall–Kier alpha value is -0.570. The van der Waals surface area contributed by atoms with Gasteiger partial charge in [0.25, 0.3) is 0 Å². The first-order chi connectivity index (χ1) is 7.50. The fourth-order valence-corrected chi connectivity index (χ4v) is 4.24. The zero-order valence-corrected chi connectivity index (χ0v) is 10.0. The van der Waals surface area contributed by atoms with Crippen LogP contribution in [0.3, 0.4) is 0 Å². The molecule has 2 aliphatic carbocycles. The molecular weight excluding hydrogens is 204 g/mol. The van der Waals surface area contributed by atoms with Crippen molar-refractivity contribution >= 4 is 5.97 Å². The number of rotatable bonds is 0. The topological polar surface area (TPSA) is 46.5 Å². The van der Waals surface area contributed by atoms with Gasteiger partial charge in [0.2, 0.25) is 0 Å². The van der Waals surface area contributed by atoms with Crippen molar-refractivity contribution in [1.29, 1.82) is 0 Å². The Bertz CT molecular complexity index is 340. The molecule has 16 heavy (non-hydrogen) atoms. The zero-order valence-electron chi connectivity index (χ0n) is 10.0. The molecule has 0 aromatic heterocycles. The summed E-state index contributed by atoms with van der Waals surface area (Å²) in [6, 6.07) is 0. The molecule has 2 saturated carbocycles. The van der Waals surface area contributed by atoms with E-state index >= 15 is 0 Å². The van der Waals surface area contributed by atoms with Crippen LogP contribution in [0.15, 0.2) is 0 Å². The molecule has 4 aliphatic rings. The molecule has 2 heterocycles. The van der Waals surface area contributed by atoms with Gasteiger partial charge in [-0.2, -0.15) is 0 Å². The van der Waals surface area contributed by atoms with E-state index in [4.69, 9.17) is 4.74 Å². The summed E-state index contributed by atoms with van der Waals surface area (Å²) in [7, 11) is 0. The van der Waals surface area contributed by atoms with Gasteiger partial charge >= 0.3 is 5.97 Å². The second-order valence-corrected chi connectivity index (χ2v) is 6.17. The Morgan fingerprint density at radius 3 is 2.81 bits per heavy atom. The van der Waals surface area contributed by atoms with Gasteiger partial charge in [0.1, 0.15) is 5.60 Å². The molecule has 1 spiro atoms. The number of carbonyl (C=O) groups is 1. The third-order valence-corrected chi connectivity index (χ3v) is 5.41. The molecule has 3 heteroatoms. The third-order valence-electron chi connectivity index (χ3n) is 5.41. The van der Waals surface area contributed by atoms with Crippen LogP contribution >= 0.6 is 0 Å². The fourth-order valence-electron chi connectivity index (χ4n) is 4.24. The maximum atomic E-state index is 12.1. The van der Waals surface area contributed by atoms with E-state index in [2.05, 4.69) is 6.92 Å². The minimum atomic E-state index is -0.658. The molecule has 1 N–H and O–H groups in total. The van der Waals surface area contributed by atoms with E-state index in [0.29, 0.717) is 5.92 Å². The Labute approximate surface area is 96.2 Å². The van der Waals surface area contributed by atoms with E-state index in [9.17, 15) is 9.90 Å². The van der Waals surface area contributed by atoms with Crippen molar-refractivity contribution in [3.8, 4) is 0 Å². The molecule has 90 valence electrons. The van der Waals surface area contributed by atoms with Gasteiger partial charge < -0.3 is 9.84 Å². The third kappa shape index (κ3) is 1.05. The predicted molar refractivity (Wildman–Crippen MR) is 58.7 cm³/mol. The van der Waals surface area contributed by atoms with Crippen LogP contribution in [0.1, 0.15) is 46.0 Å². The molecular formula is C13H20O3. The first-order valence-corrected chi connectivity index (χ1v) is 6.41. The molecule has 2 bridgehead atoms. The highest BCUT2D eigenvalue weighted by molar-refractivity contribution is 5.79. The lowest BCUT2D eigenvalue weighted by molar-refractivity contribution is -0.187. The fraction of sp³-hybridized carbons (Fsp3) is 0.923. The summed E-state index contributed by atoms with van der Waals surface area (Å²) in [6.07, 6.45) is 4.42. The van der Waals surface area contributed by atoms with Crippen LogP contribution in [0.5, 0.6) is 0 Å². The van der Waals surface area contributed by atoms with Crippen molar-refractivity contribution < 1.29 is 14.6 Å². The van der Waals surface area contributed by atoms with E-state index in [1.54, 1.807) is 0 Å². The minimum Gasteiger partial charge on any atom is -0.458 e. The second-order valence-electron chi connectivity index (χ2n) is 6.17. The molecule has 4 rings (SSSR count). The van der Waals surface area contributed by atoms with E-state index in [1.807, 2.05) is 6.92 Å². The summed E-state index contributed by atoms with van der Waals surface area (Å²) in [5, 5.41) is 10.4. The maximum Gasteiger partial charge on any atom is 0.315 e. The van der Waals surface area contributed by atoms with E-state index in [-0.39, 0.29) is 17.5 Å². The zero-order chi connectivity index (χ0) is 11.6. The Balaban J connectivity index is 2.09. The average Bonchev–Trinajstić information content (AvgIpc) is 2.61. The summed E-state index contributed by atoms with van der Waals surface area (Å²) in [5.41, 5.74) is -0.886. The molecule has 4 fully saturated rings. The number of aliphatic hydroxyl groups excluding tert-OH is 1. The number of esters is 1. The molecule has 5 atom stereocenters.